The molecule has 170 valence electrons. The maximum absolute atomic E-state index is 13.6. The number of benzene rings is 3. The molecule has 1 N–H and O–H groups in total. The Kier molecular flexibility index (Phi) is 4.48. The maximum atomic E-state index is 13.6. The Morgan fingerprint density at radius 2 is 1.85 bits per heavy atom. The molecule has 0 bridgehead atoms. The first-order valence-electron chi connectivity index (χ1n) is 10.7. The molecule has 2 aliphatic heterocycles. The Bertz CT molecular complexity index is 1520. The van der Waals surface area contributed by atoms with Crippen molar-refractivity contribution in [2.45, 2.75) is 12.6 Å². The van der Waals surface area contributed by atoms with Crippen LogP contribution in [-0.4, -0.2) is 29.8 Å². The molecule has 0 fully saturated rings. The zero-order valence-electron chi connectivity index (χ0n) is 18.1. The summed E-state index contributed by atoms with van der Waals surface area (Å²) >= 11 is 0. The summed E-state index contributed by atoms with van der Waals surface area (Å²) in [6, 6.07) is 16.4. The van der Waals surface area contributed by atoms with Gasteiger partial charge >= 0.3 is 0 Å². The van der Waals surface area contributed by atoms with Crippen molar-refractivity contribution in [3.8, 4) is 23.0 Å². The Morgan fingerprint density at radius 1 is 1.03 bits per heavy atom. The molecule has 0 aliphatic carbocycles. The van der Waals surface area contributed by atoms with Crippen LogP contribution in [0.3, 0.4) is 0 Å². The van der Waals surface area contributed by atoms with Crippen LogP contribution >= 0.6 is 0 Å². The second-order valence-electron chi connectivity index (χ2n) is 8.12. The Hall–Kier alpha value is -4.46. The first-order valence-corrected chi connectivity index (χ1v) is 10.7. The molecule has 3 aromatic carbocycles. The maximum Gasteiger partial charge on any atom is 0.291 e. The third-order valence-corrected chi connectivity index (χ3v) is 6.18. The van der Waals surface area contributed by atoms with Gasteiger partial charge in [0.05, 0.1) is 24.1 Å². The number of carbonyl (C=O) groups excluding carboxylic acids is 1. The van der Waals surface area contributed by atoms with E-state index in [0.717, 1.165) is 5.56 Å². The fourth-order valence-electron chi connectivity index (χ4n) is 4.58. The summed E-state index contributed by atoms with van der Waals surface area (Å²) in [7, 11) is 1.44. The average Bonchev–Trinajstić information content (AvgIpc) is 3.43. The number of ether oxygens (including phenoxy) is 3. The molecular formula is C26H19NO7. The number of aromatic hydroxyl groups is 1. The lowest BCUT2D eigenvalue weighted by Crippen LogP contribution is -2.29. The van der Waals surface area contributed by atoms with Crippen molar-refractivity contribution in [2.75, 3.05) is 13.9 Å². The molecule has 1 aromatic heterocycles. The van der Waals surface area contributed by atoms with Gasteiger partial charge < -0.3 is 28.6 Å². The number of hydrogen-bond donors (Lipinski definition) is 1. The van der Waals surface area contributed by atoms with E-state index in [1.54, 1.807) is 47.4 Å². The van der Waals surface area contributed by atoms with E-state index in [0.29, 0.717) is 28.0 Å². The Morgan fingerprint density at radius 3 is 2.71 bits per heavy atom. The number of phenols is 1. The molecule has 8 heteroatoms. The number of methoxy groups -OCH3 is 1. The quantitative estimate of drug-likeness (QED) is 0.495. The van der Waals surface area contributed by atoms with Crippen molar-refractivity contribution in [2.24, 2.45) is 0 Å². The number of phenolic OH excluding ortho intramolecular Hbond substituents is 1. The van der Waals surface area contributed by atoms with Crippen LogP contribution in [0.25, 0.3) is 11.0 Å². The summed E-state index contributed by atoms with van der Waals surface area (Å²) in [6.07, 6.45) is 0. The van der Waals surface area contributed by atoms with Crippen molar-refractivity contribution in [3.63, 3.8) is 0 Å². The predicted octanol–water partition coefficient (Wildman–Crippen LogP) is 3.98. The molecule has 0 spiro atoms. The van der Waals surface area contributed by atoms with Gasteiger partial charge in [-0.25, -0.2) is 0 Å². The van der Waals surface area contributed by atoms with Gasteiger partial charge in [0.2, 0.25) is 12.6 Å². The van der Waals surface area contributed by atoms with E-state index in [1.807, 2.05) is 12.1 Å². The summed E-state index contributed by atoms with van der Waals surface area (Å²) < 4.78 is 22.1. The highest BCUT2D eigenvalue weighted by Crippen LogP contribution is 2.42. The second kappa shape index (κ2) is 7.55. The van der Waals surface area contributed by atoms with Crippen LogP contribution in [0.15, 0.2) is 69.9 Å². The van der Waals surface area contributed by atoms with E-state index >= 15 is 0 Å². The number of fused-ring (bicyclic) bond motifs is 3. The van der Waals surface area contributed by atoms with Crippen molar-refractivity contribution >= 4 is 16.9 Å². The molecule has 34 heavy (non-hydrogen) atoms. The predicted molar refractivity (Wildman–Crippen MR) is 121 cm³/mol. The first-order chi connectivity index (χ1) is 16.5. The smallest absolute Gasteiger partial charge is 0.291 e. The van der Waals surface area contributed by atoms with Gasteiger partial charge in [0.15, 0.2) is 28.4 Å². The van der Waals surface area contributed by atoms with E-state index in [4.69, 9.17) is 18.6 Å². The largest absolute Gasteiger partial charge is 0.504 e. The minimum atomic E-state index is -0.733. The summed E-state index contributed by atoms with van der Waals surface area (Å²) in [5, 5.41) is 10.5. The average molecular weight is 457 g/mol. The van der Waals surface area contributed by atoms with Gasteiger partial charge in [-0.2, -0.15) is 0 Å². The number of carbonyl (C=O) groups is 1. The second-order valence-corrected chi connectivity index (χ2v) is 8.12. The van der Waals surface area contributed by atoms with Gasteiger partial charge in [0, 0.05) is 6.54 Å². The number of hydrogen-bond acceptors (Lipinski definition) is 7. The fraction of sp³-hybridized carbons (Fsp3) is 0.154. The molecule has 0 saturated heterocycles. The first kappa shape index (κ1) is 20.2. The molecule has 1 amide bonds. The zero-order valence-corrected chi connectivity index (χ0v) is 18.1. The van der Waals surface area contributed by atoms with Crippen LogP contribution in [0, 0.1) is 0 Å². The lowest BCUT2D eigenvalue weighted by molar-refractivity contribution is 0.0714. The van der Waals surface area contributed by atoms with Crippen LogP contribution in [0.4, 0.5) is 0 Å². The standard InChI is InChI=1S/C26H19NO7/c1-31-20-11-15(7-8-17(20)28)23-22-24(29)16-4-2-3-5-18(16)34-25(22)26(30)27(23)12-14-6-9-19-21(10-14)33-13-32-19/h2-11,23,28H,12-13H2,1H3/t23-/m1/s1. The number of rotatable bonds is 4. The third-order valence-electron chi connectivity index (χ3n) is 6.18. The SMILES string of the molecule is COc1cc([C@@H]2c3c(oc4ccccc4c3=O)C(=O)N2Cc2ccc3c(c2)OCO3)ccc1O. The molecule has 1 atom stereocenters. The van der Waals surface area contributed by atoms with Crippen LogP contribution in [0.2, 0.25) is 0 Å². The van der Waals surface area contributed by atoms with Crippen LogP contribution in [0.1, 0.15) is 33.3 Å². The van der Waals surface area contributed by atoms with Crippen LogP contribution in [-0.2, 0) is 6.54 Å². The van der Waals surface area contributed by atoms with E-state index in [9.17, 15) is 14.7 Å². The minimum absolute atomic E-state index is 0.0153. The molecule has 4 aromatic rings. The summed E-state index contributed by atoms with van der Waals surface area (Å²) in [5.41, 5.74) is 1.77. The molecule has 0 unspecified atom stereocenters. The van der Waals surface area contributed by atoms with Gasteiger partial charge in [0.1, 0.15) is 5.58 Å². The van der Waals surface area contributed by atoms with E-state index in [-0.39, 0.29) is 41.6 Å². The van der Waals surface area contributed by atoms with Crippen molar-refractivity contribution < 1.29 is 28.5 Å². The molecule has 0 radical (unpaired) electrons. The molecule has 8 nitrogen and oxygen atoms in total. The molecule has 2 aliphatic rings. The van der Waals surface area contributed by atoms with Crippen LogP contribution in [0.5, 0.6) is 23.0 Å². The lowest BCUT2D eigenvalue weighted by atomic mass is 9.97. The van der Waals surface area contributed by atoms with Gasteiger partial charge in [-0.05, 0) is 47.5 Å². The molecular weight excluding hydrogens is 438 g/mol. The highest BCUT2D eigenvalue weighted by Gasteiger charge is 2.43. The monoisotopic (exact) mass is 457 g/mol. The lowest BCUT2D eigenvalue weighted by Gasteiger charge is -2.25. The Balaban J connectivity index is 1.53. The molecule has 0 saturated carbocycles. The molecule has 6 rings (SSSR count). The highest BCUT2D eigenvalue weighted by molar-refractivity contribution is 5.99. The van der Waals surface area contributed by atoms with Crippen LogP contribution < -0.4 is 19.6 Å². The van der Waals surface area contributed by atoms with E-state index in [2.05, 4.69) is 0 Å². The highest BCUT2D eigenvalue weighted by atomic mass is 16.7. The van der Waals surface area contributed by atoms with E-state index < -0.39 is 11.9 Å². The Labute approximate surface area is 193 Å². The van der Waals surface area contributed by atoms with Gasteiger partial charge in [-0.3, -0.25) is 9.59 Å². The normalized spacial score (nSPS) is 16.2. The van der Waals surface area contributed by atoms with Gasteiger partial charge in [-0.1, -0.05) is 24.3 Å². The summed E-state index contributed by atoms with van der Waals surface area (Å²) in [4.78, 5) is 28.7. The number of amides is 1. The topological polar surface area (TPSA) is 98.4 Å². The van der Waals surface area contributed by atoms with Gasteiger partial charge in [-0.15, -0.1) is 0 Å². The summed E-state index contributed by atoms with van der Waals surface area (Å²) in [6.45, 7) is 0.344. The fourth-order valence-corrected chi connectivity index (χ4v) is 4.58. The summed E-state index contributed by atoms with van der Waals surface area (Å²) in [5.74, 6) is 1.07. The van der Waals surface area contributed by atoms with Gasteiger partial charge in [0.25, 0.3) is 5.91 Å². The minimum Gasteiger partial charge on any atom is -0.504 e. The zero-order chi connectivity index (χ0) is 23.4. The number of nitrogens with zero attached hydrogens (tertiary/aromatic N) is 1. The number of para-hydroxylation sites is 1. The molecule has 3 heterocycles. The van der Waals surface area contributed by atoms with Crippen molar-refractivity contribution in [1.29, 1.82) is 0 Å². The van der Waals surface area contributed by atoms with E-state index in [1.165, 1.54) is 13.2 Å². The third kappa shape index (κ3) is 2.99. The van der Waals surface area contributed by atoms with Crippen molar-refractivity contribution in [1.82, 2.24) is 4.90 Å². The van der Waals surface area contributed by atoms with Crippen molar-refractivity contribution in [3.05, 3.63) is 93.3 Å².